The Morgan fingerprint density at radius 3 is 2.63 bits per heavy atom. The SMILES string of the molecule is CC(C)(C)C(=O)/C=C1\SCC(=O)N1CC(=O)Nc1ccc2c(c1)OCCO2. The summed E-state index contributed by atoms with van der Waals surface area (Å²) in [5, 5.41) is 3.27. The zero-order chi connectivity index (χ0) is 19.6. The highest BCUT2D eigenvalue weighted by molar-refractivity contribution is 8.04. The number of thioether (sulfide) groups is 1. The second-order valence-electron chi connectivity index (χ2n) is 7.27. The maximum atomic E-state index is 12.4. The van der Waals surface area contributed by atoms with Gasteiger partial charge in [-0.15, -0.1) is 0 Å². The molecular formula is C19H22N2O5S. The van der Waals surface area contributed by atoms with Gasteiger partial charge in [-0.2, -0.15) is 0 Å². The molecule has 0 spiro atoms. The van der Waals surface area contributed by atoms with E-state index in [1.807, 2.05) is 20.8 Å². The first kappa shape index (κ1) is 19.3. The number of nitrogens with one attached hydrogen (secondary N) is 1. The van der Waals surface area contributed by atoms with Gasteiger partial charge < -0.3 is 14.8 Å². The van der Waals surface area contributed by atoms with E-state index in [9.17, 15) is 14.4 Å². The van der Waals surface area contributed by atoms with Crippen molar-refractivity contribution < 1.29 is 23.9 Å². The molecular weight excluding hydrogens is 368 g/mol. The minimum Gasteiger partial charge on any atom is -0.486 e. The summed E-state index contributed by atoms with van der Waals surface area (Å²) >= 11 is 1.27. The molecule has 0 aromatic heterocycles. The van der Waals surface area contributed by atoms with Crippen molar-refractivity contribution in [2.24, 2.45) is 5.41 Å². The molecule has 0 aliphatic carbocycles. The van der Waals surface area contributed by atoms with E-state index in [4.69, 9.17) is 9.47 Å². The average Bonchev–Trinajstić information content (AvgIpc) is 2.94. The van der Waals surface area contributed by atoms with Crippen LogP contribution in [-0.4, -0.2) is 48.0 Å². The summed E-state index contributed by atoms with van der Waals surface area (Å²) in [6.07, 6.45) is 1.45. The van der Waals surface area contributed by atoms with E-state index < -0.39 is 5.41 Å². The number of hydrogen-bond acceptors (Lipinski definition) is 6. The van der Waals surface area contributed by atoms with E-state index in [0.29, 0.717) is 35.4 Å². The number of rotatable bonds is 4. The van der Waals surface area contributed by atoms with Crippen molar-refractivity contribution >= 4 is 35.0 Å². The Morgan fingerprint density at radius 2 is 1.93 bits per heavy atom. The van der Waals surface area contributed by atoms with Gasteiger partial charge in [-0.25, -0.2) is 0 Å². The van der Waals surface area contributed by atoms with Gasteiger partial charge in [-0.05, 0) is 12.1 Å². The Labute approximate surface area is 162 Å². The number of anilines is 1. The van der Waals surface area contributed by atoms with Gasteiger partial charge in [-0.1, -0.05) is 32.5 Å². The van der Waals surface area contributed by atoms with E-state index in [2.05, 4.69) is 5.32 Å². The molecule has 2 heterocycles. The Balaban J connectivity index is 1.68. The molecule has 144 valence electrons. The fourth-order valence-electron chi connectivity index (χ4n) is 2.49. The van der Waals surface area contributed by atoms with Gasteiger partial charge in [0.2, 0.25) is 11.8 Å². The molecule has 0 saturated carbocycles. The zero-order valence-corrected chi connectivity index (χ0v) is 16.4. The van der Waals surface area contributed by atoms with Crippen LogP contribution in [0, 0.1) is 5.41 Å². The highest BCUT2D eigenvalue weighted by Crippen LogP contribution is 2.33. The maximum absolute atomic E-state index is 12.4. The lowest BCUT2D eigenvalue weighted by atomic mass is 9.91. The Morgan fingerprint density at radius 1 is 1.22 bits per heavy atom. The van der Waals surface area contributed by atoms with Gasteiger partial charge in [0, 0.05) is 23.2 Å². The molecule has 1 saturated heterocycles. The van der Waals surface area contributed by atoms with Crippen molar-refractivity contribution in [2.75, 3.05) is 30.8 Å². The molecule has 2 aliphatic rings. The van der Waals surface area contributed by atoms with E-state index in [1.165, 1.54) is 22.7 Å². The molecule has 1 aromatic carbocycles. The third-order valence-electron chi connectivity index (χ3n) is 4.03. The van der Waals surface area contributed by atoms with Crippen LogP contribution in [0.25, 0.3) is 0 Å². The van der Waals surface area contributed by atoms with Gasteiger partial charge in [0.15, 0.2) is 17.3 Å². The van der Waals surface area contributed by atoms with Crippen molar-refractivity contribution in [1.29, 1.82) is 0 Å². The van der Waals surface area contributed by atoms with Gasteiger partial charge in [0.1, 0.15) is 19.8 Å². The molecule has 2 amide bonds. The number of ketones is 1. The van der Waals surface area contributed by atoms with E-state index in [0.717, 1.165) is 0 Å². The number of carbonyl (C=O) groups excluding carboxylic acids is 3. The van der Waals surface area contributed by atoms with Crippen LogP contribution in [0.1, 0.15) is 20.8 Å². The summed E-state index contributed by atoms with van der Waals surface area (Å²) in [6.45, 7) is 6.24. The Hall–Kier alpha value is -2.48. The first-order valence-corrected chi connectivity index (χ1v) is 9.61. The van der Waals surface area contributed by atoms with Crippen LogP contribution in [-0.2, 0) is 14.4 Å². The Kier molecular flexibility index (Phi) is 5.46. The van der Waals surface area contributed by atoms with Crippen LogP contribution >= 0.6 is 11.8 Å². The standard InChI is InChI=1S/C19H22N2O5S/c1-19(2,3)15(22)9-18-21(17(24)11-27-18)10-16(23)20-12-4-5-13-14(8-12)26-7-6-25-13/h4-5,8-9H,6-7,10-11H2,1-3H3,(H,20,23)/b18-9-. The summed E-state index contributed by atoms with van der Waals surface area (Å²) in [5.74, 6) is 0.805. The number of ether oxygens (including phenoxy) is 2. The molecule has 1 N–H and O–H groups in total. The lowest BCUT2D eigenvalue weighted by molar-refractivity contribution is -0.129. The molecule has 2 aliphatic heterocycles. The molecule has 1 fully saturated rings. The van der Waals surface area contributed by atoms with E-state index in [-0.39, 0.29) is 29.9 Å². The molecule has 8 heteroatoms. The number of allylic oxidation sites excluding steroid dienone is 1. The predicted octanol–water partition coefficient (Wildman–Crippen LogP) is 2.43. The third kappa shape index (κ3) is 4.63. The van der Waals surface area contributed by atoms with Crippen LogP contribution < -0.4 is 14.8 Å². The second-order valence-corrected chi connectivity index (χ2v) is 8.27. The van der Waals surface area contributed by atoms with Crippen LogP contribution in [0.5, 0.6) is 11.5 Å². The van der Waals surface area contributed by atoms with Crippen molar-refractivity contribution in [3.63, 3.8) is 0 Å². The topological polar surface area (TPSA) is 84.9 Å². The van der Waals surface area contributed by atoms with Crippen LogP contribution in [0.2, 0.25) is 0 Å². The molecule has 3 rings (SSSR count). The molecule has 0 bridgehead atoms. The van der Waals surface area contributed by atoms with Gasteiger partial charge >= 0.3 is 0 Å². The number of amides is 2. The fourth-order valence-corrected chi connectivity index (χ4v) is 3.43. The summed E-state index contributed by atoms with van der Waals surface area (Å²) in [7, 11) is 0. The first-order chi connectivity index (χ1) is 12.7. The molecule has 27 heavy (non-hydrogen) atoms. The lowest BCUT2D eigenvalue weighted by Gasteiger charge is -2.20. The minimum absolute atomic E-state index is 0.0862. The quantitative estimate of drug-likeness (QED) is 0.795. The van der Waals surface area contributed by atoms with Crippen molar-refractivity contribution in [3.05, 3.63) is 29.3 Å². The highest BCUT2D eigenvalue weighted by atomic mass is 32.2. The van der Waals surface area contributed by atoms with Crippen molar-refractivity contribution in [2.45, 2.75) is 20.8 Å². The molecule has 0 radical (unpaired) electrons. The zero-order valence-electron chi connectivity index (χ0n) is 15.5. The van der Waals surface area contributed by atoms with Crippen LogP contribution in [0.15, 0.2) is 29.3 Å². The van der Waals surface area contributed by atoms with Crippen molar-refractivity contribution in [3.8, 4) is 11.5 Å². The number of nitrogens with zero attached hydrogens (tertiary/aromatic N) is 1. The van der Waals surface area contributed by atoms with Crippen molar-refractivity contribution in [1.82, 2.24) is 4.90 Å². The number of carbonyl (C=O) groups is 3. The van der Waals surface area contributed by atoms with Crippen LogP contribution in [0.3, 0.4) is 0 Å². The molecule has 7 nitrogen and oxygen atoms in total. The van der Waals surface area contributed by atoms with Gasteiger partial charge in [0.25, 0.3) is 0 Å². The monoisotopic (exact) mass is 390 g/mol. The van der Waals surface area contributed by atoms with Crippen LogP contribution in [0.4, 0.5) is 5.69 Å². The van der Waals surface area contributed by atoms with Gasteiger partial charge in [-0.3, -0.25) is 19.3 Å². The van der Waals surface area contributed by atoms with Gasteiger partial charge in [0.05, 0.1) is 10.8 Å². The maximum Gasteiger partial charge on any atom is 0.244 e. The summed E-state index contributed by atoms with van der Waals surface area (Å²) < 4.78 is 10.9. The largest absolute Gasteiger partial charge is 0.486 e. The molecule has 0 unspecified atom stereocenters. The average molecular weight is 390 g/mol. The summed E-state index contributed by atoms with van der Waals surface area (Å²) in [5.41, 5.74) is 0.0121. The first-order valence-electron chi connectivity index (χ1n) is 8.63. The summed E-state index contributed by atoms with van der Waals surface area (Å²) in [6, 6.07) is 5.13. The third-order valence-corrected chi connectivity index (χ3v) is 5.06. The highest BCUT2D eigenvalue weighted by Gasteiger charge is 2.30. The number of hydrogen-bond donors (Lipinski definition) is 1. The summed E-state index contributed by atoms with van der Waals surface area (Å²) in [4.78, 5) is 38.1. The fraction of sp³-hybridized carbons (Fsp3) is 0.421. The Bertz CT molecular complexity index is 813. The molecule has 1 aromatic rings. The smallest absolute Gasteiger partial charge is 0.244 e. The lowest BCUT2D eigenvalue weighted by Crippen LogP contribution is -2.34. The van der Waals surface area contributed by atoms with E-state index in [1.54, 1.807) is 18.2 Å². The predicted molar refractivity (Wildman–Crippen MR) is 103 cm³/mol. The van der Waals surface area contributed by atoms with E-state index >= 15 is 0 Å². The number of fused-ring (bicyclic) bond motifs is 1. The molecule has 0 atom stereocenters. The number of benzene rings is 1. The minimum atomic E-state index is -0.543. The second kappa shape index (κ2) is 7.64. The normalized spacial score (nSPS) is 18.0.